The SMILES string of the molecule is CCc1cnc(CNS(=O)(=O)c2cc(N)c(F)cc2C)s1. The van der Waals surface area contributed by atoms with Crippen LogP contribution in [0.15, 0.2) is 23.2 Å². The molecular formula is C13H16FN3O2S2. The molecule has 0 atom stereocenters. The summed E-state index contributed by atoms with van der Waals surface area (Å²) in [7, 11) is -3.76. The number of nitrogens with two attached hydrogens (primary N) is 1. The number of nitrogens with one attached hydrogen (secondary N) is 1. The Kier molecular flexibility index (Phi) is 4.60. The van der Waals surface area contributed by atoms with E-state index >= 15 is 0 Å². The third-order valence-corrected chi connectivity index (χ3v) is 5.63. The number of nitrogen functional groups attached to an aromatic ring is 1. The van der Waals surface area contributed by atoms with Crippen LogP contribution in [0.1, 0.15) is 22.4 Å². The molecule has 0 amide bonds. The van der Waals surface area contributed by atoms with Gasteiger partial charge in [-0.05, 0) is 31.0 Å². The van der Waals surface area contributed by atoms with Gasteiger partial charge in [0.15, 0.2) is 0 Å². The zero-order chi connectivity index (χ0) is 15.6. The van der Waals surface area contributed by atoms with Gasteiger partial charge in [0, 0.05) is 11.1 Å². The van der Waals surface area contributed by atoms with Crippen LogP contribution in [0, 0.1) is 12.7 Å². The fraction of sp³-hybridized carbons (Fsp3) is 0.308. The second kappa shape index (κ2) is 6.08. The van der Waals surface area contributed by atoms with Gasteiger partial charge in [0.2, 0.25) is 10.0 Å². The molecule has 8 heteroatoms. The predicted octanol–water partition coefficient (Wildman–Crippen LogP) is 2.21. The lowest BCUT2D eigenvalue weighted by Gasteiger charge is -2.09. The quantitative estimate of drug-likeness (QED) is 0.824. The van der Waals surface area contributed by atoms with Crippen LogP contribution in [0.5, 0.6) is 0 Å². The molecule has 0 aliphatic carbocycles. The van der Waals surface area contributed by atoms with Gasteiger partial charge in [-0.3, -0.25) is 0 Å². The van der Waals surface area contributed by atoms with E-state index in [0.29, 0.717) is 10.6 Å². The summed E-state index contributed by atoms with van der Waals surface area (Å²) in [6.45, 7) is 3.63. The number of aryl methyl sites for hydroxylation is 2. The van der Waals surface area contributed by atoms with Crippen LogP contribution in [0.4, 0.5) is 10.1 Å². The highest BCUT2D eigenvalue weighted by molar-refractivity contribution is 7.89. The van der Waals surface area contributed by atoms with Gasteiger partial charge in [-0.25, -0.2) is 22.5 Å². The summed E-state index contributed by atoms with van der Waals surface area (Å²) in [4.78, 5) is 5.21. The molecule has 0 radical (unpaired) electrons. The maximum atomic E-state index is 13.3. The first-order valence-electron chi connectivity index (χ1n) is 6.32. The van der Waals surface area contributed by atoms with Crippen LogP contribution in [0.25, 0.3) is 0 Å². The second-order valence-electron chi connectivity index (χ2n) is 4.54. The first-order chi connectivity index (χ1) is 9.83. The molecule has 114 valence electrons. The van der Waals surface area contributed by atoms with Gasteiger partial charge in [0.1, 0.15) is 10.8 Å². The van der Waals surface area contributed by atoms with E-state index in [2.05, 4.69) is 9.71 Å². The van der Waals surface area contributed by atoms with E-state index in [-0.39, 0.29) is 17.1 Å². The molecule has 0 aliphatic heterocycles. The molecule has 0 saturated heterocycles. The molecule has 1 aromatic carbocycles. The van der Waals surface area contributed by atoms with E-state index in [0.717, 1.165) is 23.4 Å². The summed E-state index contributed by atoms with van der Waals surface area (Å²) < 4.78 is 40.3. The second-order valence-corrected chi connectivity index (χ2v) is 7.47. The van der Waals surface area contributed by atoms with Crippen LogP contribution in [-0.4, -0.2) is 13.4 Å². The van der Waals surface area contributed by atoms with Crippen molar-refractivity contribution in [2.24, 2.45) is 0 Å². The van der Waals surface area contributed by atoms with E-state index in [9.17, 15) is 12.8 Å². The number of hydrogen-bond acceptors (Lipinski definition) is 5. The maximum Gasteiger partial charge on any atom is 0.241 e. The summed E-state index contributed by atoms with van der Waals surface area (Å²) >= 11 is 1.46. The molecule has 0 saturated carbocycles. The van der Waals surface area contributed by atoms with Crippen molar-refractivity contribution < 1.29 is 12.8 Å². The van der Waals surface area contributed by atoms with Gasteiger partial charge in [0.25, 0.3) is 0 Å². The van der Waals surface area contributed by atoms with E-state index < -0.39 is 15.8 Å². The van der Waals surface area contributed by atoms with Crippen LogP contribution >= 0.6 is 11.3 Å². The molecule has 21 heavy (non-hydrogen) atoms. The lowest BCUT2D eigenvalue weighted by molar-refractivity contribution is 0.579. The monoisotopic (exact) mass is 329 g/mol. The average molecular weight is 329 g/mol. The minimum atomic E-state index is -3.76. The van der Waals surface area contributed by atoms with E-state index in [1.807, 2.05) is 6.92 Å². The summed E-state index contributed by atoms with van der Waals surface area (Å²) in [5.74, 6) is -0.626. The van der Waals surface area contributed by atoms with Gasteiger partial charge in [-0.2, -0.15) is 0 Å². The molecular weight excluding hydrogens is 313 g/mol. The molecule has 1 heterocycles. The van der Waals surface area contributed by atoms with Crippen molar-refractivity contribution in [2.45, 2.75) is 31.7 Å². The summed E-state index contributed by atoms with van der Waals surface area (Å²) in [5, 5.41) is 0.683. The molecule has 0 unspecified atom stereocenters. The smallest absolute Gasteiger partial charge is 0.241 e. The number of rotatable bonds is 5. The highest BCUT2D eigenvalue weighted by atomic mass is 32.2. The number of anilines is 1. The highest BCUT2D eigenvalue weighted by Crippen LogP contribution is 2.22. The first kappa shape index (κ1) is 15.9. The summed E-state index contributed by atoms with van der Waals surface area (Å²) in [6.07, 6.45) is 2.59. The van der Waals surface area contributed by atoms with Crippen LogP contribution in [-0.2, 0) is 23.0 Å². The Hall–Kier alpha value is -1.51. The third kappa shape index (κ3) is 3.58. The number of benzene rings is 1. The fourth-order valence-corrected chi connectivity index (χ4v) is 3.93. The van der Waals surface area contributed by atoms with Crippen molar-refractivity contribution in [3.05, 3.63) is 39.6 Å². The standard InChI is InChI=1S/C13H16FN3O2S2/c1-3-9-6-16-13(20-9)7-17-21(18,19)12-5-11(15)10(14)4-8(12)2/h4-6,17H,3,7,15H2,1-2H3. The molecule has 3 N–H and O–H groups in total. The predicted molar refractivity (Wildman–Crippen MR) is 81.1 cm³/mol. The lowest BCUT2D eigenvalue weighted by Crippen LogP contribution is -2.24. The van der Waals surface area contributed by atoms with E-state index in [1.165, 1.54) is 18.3 Å². The number of halogens is 1. The molecule has 5 nitrogen and oxygen atoms in total. The van der Waals surface area contributed by atoms with Crippen molar-refractivity contribution in [1.29, 1.82) is 0 Å². The van der Waals surface area contributed by atoms with Crippen molar-refractivity contribution in [2.75, 3.05) is 5.73 Å². The Morgan fingerprint density at radius 1 is 1.43 bits per heavy atom. The van der Waals surface area contributed by atoms with Crippen LogP contribution in [0.3, 0.4) is 0 Å². The largest absolute Gasteiger partial charge is 0.396 e. The van der Waals surface area contributed by atoms with Crippen LogP contribution < -0.4 is 10.5 Å². The van der Waals surface area contributed by atoms with E-state index in [1.54, 1.807) is 6.20 Å². The lowest BCUT2D eigenvalue weighted by atomic mass is 10.2. The molecule has 0 spiro atoms. The Labute approximate surface area is 127 Å². The molecule has 2 aromatic rings. The number of hydrogen-bond donors (Lipinski definition) is 2. The topological polar surface area (TPSA) is 85.1 Å². The van der Waals surface area contributed by atoms with Crippen molar-refractivity contribution in [3.63, 3.8) is 0 Å². The van der Waals surface area contributed by atoms with Crippen molar-refractivity contribution in [1.82, 2.24) is 9.71 Å². The molecule has 0 bridgehead atoms. The maximum absolute atomic E-state index is 13.3. The minimum absolute atomic E-state index is 0.0197. The third-order valence-electron chi connectivity index (χ3n) is 2.95. The Morgan fingerprint density at radius 2 is 2.14 bits per heavy atom. The first-order valence-corrected chi connectivity index (χ1v) is 8.62. The Balaban J connectivity index is 2.20. The molecule has 1 aromatic heterocycles. The zero-order valence-corrected chi connectivity index (χ0v) is 13.3. The molecule has 2 rings (SSSR count). The number of thiazole rings is 1. The number of nitrogens with zero attached hydrogens (tertiary/aromatic N) is 1. The molecule has 0 fully saturated rings. The minimum Gasteiger partial charge on any atom is -0.396 e. The normalized spacial score (nSPS) is 11.8. The van der Waals surface area contributed by atoms with E-state index in [4.69, 9.17) is 5.73 Å². The van der Waals surface area contributed by atoms with Gasteiger partial charge in [-0.1, -0.05) is 6.92 Å². The average Bonchev–Trinajstić information content (AvgIpc) is 2.88. The zero-order valence-electron chi connectivity index (χ0n) is 11.7. The Morgan fingerprint density at radius 3 is 2.76 bits per heavy atom. The van der Waals surface area contributed by atoms with Gasteiger partial charge < -0.3 is 5.73 Å². The summed E-state index contributed by atoms with van der Waals surface area (Å²) in [6, 6.07) is 2.24. The number of sulfonamides is 1. The fourth-order valence-electron chi connectivity index (χ4n) is 1.79. The van der Waals surface area contributed by atoms with Gasteiger partial charge in [0.05, 0.1) is 17.1 Å². The number of aromatic nitrogens is 1. The van der Waals surface area contributed by atoms with Crippen molar-refractivity contribution in [3.8, 4) is 0 Å². The van der Waals surface area contributed by atoms with Gasteiger partial charge in [-0.15, -0.1) is 11.3 Å². The van der Waals surface area contributed by atoms with Gasteiger partial charge >= 0.3 is 0 Å². The molecule has 0 aliphatic rings. The Bertz CT molecular complexity index is 757. The highest BCUT2D eigenvalue weighted by Gasteiger charge is 2.19. The van der Waals surface area contributed by atoms with Crippen molar-refractivity contribution >= 4 is 27.0 Å². The van der Waals surface area contributed by atoms with Crippen LogP contribution in [0.2, 0.25) is 0 Å². The summed E-state index contributed by atoms with van der Waals surface area (Å²) in [5.41, 5.74) is 5.55.